The van der Waals surface area contributed by atoms with Gasteiger partial charge in [-0.05, 0) is 56.3 Å². The standard InChI is InChI=1S/C20H19NO7/c1-12(2)28-20(24)13-3-6-15(7-4-13)21-18(22)10-25-19(23)14-5-8-16-17(9-14)27-11-26-16/h3-9,12H,10-11H2,1-2H3,(H,21,22). The number of hydrogen-bond donors (Lipinski definition) is 1. The summed E-state index contributed by atoms with van der Waals surface area (Å²) in [5.74, 6) is -0.595. The number of hydrogen-bond acceptors (Lipinski definition) is 7. The molecule has 1 heterocycles. The van der Waals surface area contributed by atoms with Crippen LogP contribution in [0.25, 0.3) is 0 Å². The van der Waals surface area contributed by atoms with E-state index >= 15 is 0 Å². The zero-order valence-electron chi connectivity index (χ0n) is 15.4. The molecular formula is C20H19NO7. The van der Waals surface area contributed by atoms with Crippen LogP contribution in [0.2, 0.25) is 0 Å². The highest BCUT2D eigenvalue weighted by Crippen LogP contribution is 2.32. The van der Waals surface area contributed by atoms with Crippen LogP contribution in [0.5, 0.6) is 11.5 Å². The van der Waals surface area contributed by atoms with Gasteiger partial charge < -0.3 is 24.3 Å². The highest BCUT2D eigenvalue weighted by molar-refractivity contribution is 5.96. The zero-order valence-corrected chi connectivity index (χ0v) is 15.4. The van der Waals surface area contributed by atoms with E-state index in [2.05, 4.69) is 5.32 Å². The second-order valence-corrected chi connectivity index (χ2v) is 6.22. The van der Waals surface area contributed by atoms with Crippen molar-refractivity contribution in [3.63, 3.8) is 0 Å². The fraction of sp³-hybridized carbons (Fsp3) is 0.250. The van der Waals surface area contributed by atoms with Gasteiger partial charge in [0.1, 0.15) is 0 Å². The maximum atomic E-state index is 12.1. The van der Waals surface area contributed by atoms with E-state index in [0.29, 0.717) is 22.7 Å². The van der Waals surface area contributed by atoms with Crippen molar-refractivity contribution in [2.24, 2.45) is 0 Å². The van der Waals surface area contributed by atoms with Crippen LogP contribution in [-0.4, -0.2) is 37.3 Å². The average molecular weight is 385 g/mol. The van der Waals surface area contributed by atoms with Gasteiger partial charge in [-0.25, -0.2) is 9.59 Å². The highest BCUT2D eigenvalue weighted by atomic mass is 16.7. The van der Waals surface area contributed by atoms with Gasteiger partial charge in [0.2, 0.25) is 6.79 Å². The lowest BCUT2D eigenvalue weighted by Crippen LogP contribution is -2.21. The molecule has 0 radical (unpaired) electrons. The first-order valence-electron chi connectivity index (χ1n) is 8.60. The lowest BCUT2D eigenvalue weighted by atomic mass is 10.2. The third-order valence-electron chi connectivity index (χ3n) is 3.69. The first-order chi connectivity index (χ1) is 13.4. The van der Waals surface area contributed by atoms with E-state index in [4.69, 9.17) is 18.9 Å². The van der Waals surface area contributed by atoms with E-state index in [0.717, 1.165) is 0 Å². The van der Waals surface area contributed by atoms with Crippen molar-refractivity contribution < 1.29 is 33.3 Å². The van der Waals surface area contributed by atoms with Crippen molar-refractivity contribution in [2.45, 2.75) is 20.0 Å². The number of nitrogens with one attached hydrogen (secondary N) is 1. The van der Waals surface area contributed by atoms with Gasteiger partial charge in [0.25, 0.3) is 5.91 Å². The molecule has 28 heavy (non-hydrogen) atoms. The molecule has 0 aromatic heterocycles. The minimum absolute atomic E-state index is 0.101. The van der Waals surface area contributed by atoms with Crippen LogP contribution >= 0.6 is 0 Å². The number of anilines is 1. The molecule has 0 fully saturated rings. The van der Waals surface area contributed by atoms with Crippen LogP contribution < -0.4 is 14.8 Å². The van der Waals surface area contributed by atoms with Gasteiger partial charge in [-0.2, -0.15) is 0 Å². The summed E-state index contributed by atoms with van der Waals surface area (Å²) in [6.45, 7) is 3.17. The molecule has 8 nitrogen and oxygen atoms in total. The second-order valence-electron chi connectivity index (χ2n) is 6.22. The third kappa shape index (κ3) is 4.79. The van der Waals surface area contributed by atoms with Crippen LogP contribution in [0.15, 0.2) is 42.5 Å². The summed E-state index contributed by atoms with van der Waals surface area (Å²) in [6, 6.07) is 10.8. The molecule has 8 heteroatoms. The molecule has 0 spiro atoms. The van der Waals surface area contributed by atoms with Crippen LogP contribution in [0.3, 0.4) is 0 Å². The molecule has 0 bridgehead atoms. The maximum absolute atomic E-state index is 12.1. The Bertz CT molecular complexity index is 890. The van der Waals surface area contributed by atoms with Crippen molar-refractivity contribution in [3.05, 3.63) is 53.6 Å². The Morgan fingerprint density at radius 2 is 1.64 bits per heavy atom. The van der Waals surface area contributed by atoms with Crippen LogP contribution in [0.1, 0.15) is 34.6 Å². The number of rotatable bonds is 6. The Hall–Kier alpha value is -3.55. The maximum Gasteiger partial charge on any atom is 0.338 e. The molecule has 0 saturated carbocycles. The average Bonchev–Trinajstić information content (AvgIpc) is 3.14. The van der Waals surface area contributed by atoms with Gasteiger partial charge in [0.15, 0.2) is 18.1 Å². The van der Waals surface area contributed by atoms with Crippen molar-refractivity contribution >= 4 is 23.5 Å². The highest BCUT2D eigenvalue weighted by Gasteiger charge is 2.18. The van der Waals surface area contributed by atoms with E-state index < -0.39 is 24.5 Å². The smallest absolute Gasteiger partial charge is 0.338 e. The van der Waals surface area contributed by atoms with Gasteiger partial charge in [-0.15, -0.1) is 0 Å². The number of ether oxygens (including phenoxy) is 4. The summed E-state index contributed by atoms with van der Waals surface area (Å²) < 4.78 is 20.5. The molecule has 0 atom stereocenters. The topological polar surface area (TPSA) is 100 Å². The quantitative estimate of drug-likeness (QED) is 0.763. The summed E-state index contributed by atoms with van der Waals surface area (Å²) in [5, 5.41) is 2.58. The Labute approximate surface area is 161 Å². The van der Waals surface area contributed by atoms with Gasteiger partial charge >= 0.3 is 11.9 Å². The molecule has 0 unspecified atom stereocenters. The first-order valence-corrected chi connectivity index (χ1v) is 8.60. The van der Waals surface area contributed by atoms with E-state index in [1.165, 1.54) is 12.1 Å². The number of esters is 2. The van der Waals surface area contributed by atoms with Crippen LogP contribution in [0, 0.1) is 0 Å². The minimum atomic E-state index is -0.653. The zero-order chi connectivity index (χ0) is 20.1. The predicted molar refractivity (Wildman–Crippen MR) is 98.5 cm³/mol. The largest absolute Gasteiger partial charge is 0.459 e. The summed E-state index contributed by atoms with van der Waals surface area (Å²) in [4.78, 5) is 35.8. The van der Waals surface area contributed by atoms with Crippen molar-refractivity contribution in [1.29, 1.82) is 0 Å². The fourth-order valence-corrected chi connectivity index (χ4v) is 2.41. The molecule has 2 aromatic rings. The van der Waals surface area contributed by atoms with Crippen LogP contribution in [-0.2, 0) is 14.3 Å². The number of carbonyl (C=O) groups is 3. The molecule has 0 aliphatic carbocycles. The molecule has 1 aliphatic rings. The Morgan fingerprint density at radius 1 is 0.964 bits per heavy atom. The van der Waals surface area contributed by atoms with Crippen molar-refractivity contribution in [3.8, 4) is 11.5 Å². The molecular weight excluding hydrogens is 366 g/mol. The SMILES string of the molecule is CC(C)OC(=O)c1ccc(NC(=O)COC(=O)c2ccc3c(c2)OCO3)cc1. The third-order valence-corrected chi connectivity index (χ3v) is 3.69. The first kappa shape index (κ1) is 19.2. The summed E-state index contributed by atoms with van der Waals surface area (Å²) in [7, 11) is 0. The molecule has 3 rings (SSSR count). The molecule has 146 valence electrons. The Morgan fingerprint density at radius 3 is 2.36 bits per heavy atom. The second kappa shape index (κ2) is 8.43. The molecule has 1 N–H and O–H groups in total. The molecule has 1 amide bonds. The van der Waals surface area contributed by atoms with Gasteiger partial charge in [-0.1, -0.05) is 0 Å². The number of fused-ring (bicyclic) bond motifs is 1. The van der Waals surface area contributed by atoms with Gasteiger partial charge in [0, 0.05) is 5.69 Å². The minimum Gasteiger partial charge on any atom is -0.459 e. The summed E-state index contributed by atoms with van der Waals surface area (Å²) >= 11 is 0. The van der Waals surface area contributed by atoms with Gasteiger partial charge in [-0.3, -0.25) is 4.79 Å². The van der Waals surface area contributed by atoms with Crippen LogP contribution in [0.4, 0.5) is 5.69 Å². The van der Waals surface area contributed by atoms with E-state index in [1.54, 1.807) is 44.2 Å². The predicted octanol–water partition coefficient (Wildman–Crippen LogP) is 2.78. The van der Waals surface area contributed by atoms with E-state index in [1.807, 2.05) is 0 Å². The monoisotopic (exact) mass is 385 g/mol. The Balaban J connectivity index is 1.50. The summed E-state index contributed by atoms with van der Waals surface area (Å²) in [6.07, 6.45) is -0.216. The number of benzene rings is 2. The lowest BCUT2D eigenvalue weighted by molar-refractivity contribution is -0.119. The number of carbonyl (C=O) groups excluding carboxylic acids is 3. The lowest BCUT2D eigenvalue weighted by Gasteiger charge is -2.09. The molecule has 1 aliphatic heterocycles. The fourth-order valence-electron chi connectivity index (χ4n) is 2.41. The van der Waals surface area contributed by atoms with Crippen molar-refractivity contribution in [2.75, 3.05) is 18.7 Å². The van der Waals surface area contributed by atoms with Crippen molar-refractivity contribution in [1.82, 2.24) is 0 Å². The van der Waals surface area contributed by atoms with Gasteiger partial charge in [0.05, 0.1) is 17.2 Å². The molecule has 0 saturated heterocycles. The summed E-state index contributed by atoms with van der Waals surface area (Å²) in [5.41, 5.74) is 1.09. The Kier molecular flexibility index (Phi) is 5.78. The number of amides is 1. The normalized spacial score (nSPS) is 11.8. The molecule has 2 aromatic carbocycles. The van der Waals surface area contributed by atoms with E-state index in [9.17, 15) is 14.4 Å². The van der Waals surface area contributed by atoms with E-state index in [-0.39, 0.29) is 18.5 Å².